The Morgan fingerprint density at radius 2 is 1.89 bits per heavy atom. The van der Waals surface area contributed by atoms with Crippen molar-refractivity contribution in [3.8, 4) is 11.3 Å². The molecule has 0 saturated carbocycles. The van der Waals surface area contributed by atoms with E-state index in [-0.39, 0.29) is 11.3 Å². The number of rotatable bonds is 1. The van der Waals surface area contributed by atoms with E-state index in [0.717, 1.165) is 24.5 Å². The van der Waals surface area contributed by atoms with Crippen LogP contribution in [0.25, 0.3) is 11.3 Å². The molecule has 0 fully saturated rings. The molecular formula is C10H5F4N3O. The van der Waals surface area contributed by atoms with E-state index in [1.54, 1.807) is 4.98 Å². The molecule has 0 aliphatic carbocycles. The topological polar surface area (TPSA) is 58.6 Å². The highest BCUT2D eigenvalue weighted by atomic mass is 19.4. The number of pyridine rings is 1. The van der Waals surface area contributed by atoms with E-state index in [4.69, 9.17) is 0 Å². The van der Waals surface area contributed by atoms with Crippen molar-refractivity contribution < 1.29 is 17.6 Å². The predicted octanol–water partition coefficient (Wildman–Crippen LogP) is 1.99. The molecule has 0 radical (unpaired) electrons. The summed E-state index contributed by atoms with van der Waals surface area (Å²) in [6.45, 7) is 0. The average molecular weight is 259 g/mol. The van der Waals surface area contributed by atoms with Crippen molar-refractivity contribution in [3.63, 3.8) is 0 Å². The fourth-order valence-corrected chi connectivity index (χ4v) is 1.29. The fourth-order valence-electron chi connectivity index (χ4n) is 1.29. The van der Waals surface area contributed by atoms with E-state index in [2.05, 4.69) is 9.97 Å². The second-order valence-electron chi connectivity index (χ2n) is 3.37. The summed E-state index contributed by atoms with van der Waals surface area (Å²) in [5.74, 6) is -2.17. The van der Waals surface area contributed by atoms with Gasteiger partial charge in [-0.1, -0.05) is 0 Å². The molecule has 0 bridgehead atoms. The largest absolute Gasteiger partial charge is 0.449 e. The standard InChI is InChI=1S/C10H5F4N3O/c11-6-1-5(3-15-4-6)7-2-8(18)17-9(16-7)10(12,13)14/h1-4H,(H,16,17,18). The molecule has 2 aromatic rings. The molecule has 94 valence electrons. The second-order valence-corrected chi connectivity index (χ2v) is 3.37. The Morgan fingerprint density at radius 1 is 1.17 bits per heavy atom. The Morgan fingerprint density at radius 3 is 2.50 bits per heavy atom. The Balaban J connectivity index is 2.59. The monoisotopic (exact) mass is 259 g/mol. The molecule has 0 aliphatic rings. The molecule has 0 aliphatic heterocycles. The molecule has 2 heterocycles. The first-order valence-corrected chi connectivity index (χ1v) is 4.66. The molecule has 0 aromatic carbocycles. The van der Waals surface area contributed by atoms with Gasteiger partial charge in [-0.3, -0.25) is 9.78 Å². The highest BCUT2D eigenvalue weighted by molar-refractivity contribution is 5.57. The minimum Gasteiger partial charge on any atom is -0.303 e. The van der Waals surface area contributed by atoms with Crippen LogP contribution in [-0.4, -0.2) is 15.0 Å². The summed E-state index contributed by atoms with van der Waals surface area (Å²) in [4.78, 5) is 19.4. The van der Waals surface area contributed by atoms with Crippen molar-refractivity contribution in [2.24, 2.45) is 0 Å². The Hall–Kier alpha value is -2.25. The smallest absolute Gasteiger partial charge is 0.303 e. The molecule has 0 amide bonds. The Bertz CT molecular complexity index is 636. The van der Waals surface area contributed by atoms with Crippen LogP contribution in [0.15, 0.2) is 29.3 Å². The van der Waals surface area contributed by atoms with Gasteiger partial charge in [0.15, 0.2) is 0 Å². The molecular weight excluding hydrogens is 254 g/mol. The summed E-state index contributed by atoms with van der Waals surface area (Å²) < 4.78 is 50.2. The lowest BCUT2D eigenvalue weighted by molar-refractivity contribution is -0.145. The molecule has 0 spiro atoms. The number of halogens is 4. The van der Waals surface area contributed by atoms with Crippen LogP contribution in [0.1, 0.15) is 5.82 Å². The number of H-pyrrole nitrogens is 1. The zero-order valence-electron chi connectivity index (χ0n) is 8.62. The van der Waals surface area contributed by atoms with Gasteiger partial charge in [-0.25, -0.2) is 9.37 Å². The van der Waals surface area contributed by atoms with E-state index in [9.17, 15) is 22.4 Å². The first kappa shape index (κ1) is 12.2. The number of hydrogen-bond donors (Lipinski definition) is 1. The quantitative estimate of drug-likeness (QED) is 0.797. The van der Waals surface area contributed by atoms with Gasteiger partial charge in [0.2, 0.25) is 5.82 Å². The summed E-state index contributed by atoms with van der Waals surface area (Å²) >= 11 is 0. The Kier molecular flexibility index (Phi) is 2.85. The molecule has 2 rings (SSSR count). The van der Waals surface area contributed by atoms with Crippen LogP contribution >= 0.6 is 0 Å². The third kappa shape index (κ3) is 2.53. The van der Waals surface area contributed by atoms with Gasteiger partial charge in [-0.2, -0.15) is 13.2 Å². The van der Waals surface area contributed by atoms with Crippen LogP contribution in [0, 0.1) is 5.82 Å². The predicted molar refractivity (Wildman–Crippen MR) is 53.0 cm³/mol. The van der Waals surface area contributed by atoms with Gasteiger partial charge in [0.25, 0.3) is 5.56 Å². The summed E-state index contributed by atoms with van der Waals surface area (Å²) in [5, 5.41) is 0. The van der Waals surface area contributed by atoms with E-state index >= 15 is 0 Å². The SMILES string of the molecule is O=c1cc(-c2cncc(F)c2)nc(C(F)(F)F)[nH]1. The number of nitrogens with zero attached hydrogens (tertiary/aromatic N) is 2. The van der Waals surface area contributed by atoms with E-state index < -0.39 is 23.4 Å². The maximum Gasteiger partial charge on any atom is 0.449 e. The van der Waals surface area contributed by atoms with Gasteiger partial charge in [0, 0.05) is 17.8 Å². The number of aromatic amines is 1. The van der Waals surface area contributed by atoms with Crippen LogP contribution in [0.5, 0.6) is 0 Å². The zero-order chi connectivity index (χ0) is 13.3. The van der Waals surface area contributed by atoms with Gasteiger partial charge < -0.3 is 4.98 Å². The van der Waals surface area contributed by atoms with Gasteiger partial charge in [-0.05, 0) is 6.07 Å². The van der Waals surface area contributed by atoms with Gasteiger partial charge in [0.05, 0.1) is 11.9 Å². The van der Waals surface area contributed by atoms with Gasteiger partial charge in [-0.15, -0.1) is 0 Å². The lowest BCUT2D eigenvalue weighted by Crippen LogP contribution is -2.18. The van der Waals surface area contributed by atoms with E-state index in [0.29, 0.717) is 0 Å². The third-order valence-corrected chi connectivity index (χ3v) is 2.01. The summed E-state index contributed by atoms with van der Waals surface area (Å²) in [6.07, 6.45) is -2.78. The first-order valence-electron chi connectivity index (χ1n) is 4.66. The number of alkyl halides is 3. The zero-order valence-corrected chi connectivity index (χ0v) is 8.62. The summed E-state index contributed by atoms with van der Waals surface area (Å²) in [7, 11) is 0. The Labute approximate surface area is 97.3 Å². The molecule has 4 nitrogen and oxygen atoms in total. The molecule has 0 atom stereocenters. The average Bonchev–Trinajstić information content (AvgIpc) is 2.27. The molecule has 18 heavy (non-hydrogen) atoms. The maximum atomic E-state index is 12.9. The van der Waals surface area contributed by atoms with Gasteiger partial charge >= 0.3 is 6.18 Å². The van der Waals surface area contributed by atoms with Crippen molar-refractivity contribution in [1.29, 1.82) is 0 Å². The normalized spacial score (nSPS) is 11.6. The second kappa shape index (κ2) is 4.21. The van der Waals surface area contributed by atoms with Crippen molar-refractivity contribution >= 4 is 0 Å². The first-order chi connectivity index (χ1) is 8.36. The van der Waals surface area contributed by atoms with Crippen molar-refractivity contribution in [1.82, 2.24) is 15.0 Å². The molecule has 8 heteroatoms. The van der Waals surface area contributed by atoms with Gasteiger partial charge in [0.1, 0.15) is 5.82 Å². The maximum absolute atomic E-state index is 12.9. The van der Waals surface area contributed by atoms with Crippen molar-refractivity contribution in [2.75, 3.05) is 0 Å². The number of nitrogens with one attached hydrogen (secondary N) is 1. The molecule has 1 N–H and O–H groups in total. The highest BCUT2D eigenvalue weighted by Crippen LogP contribution is 2.26. The van der Waals surface area contributed by atoms with Crippen molar-refractivity contribution in [3.05, 3.63) is 46.5 Å². The molecule has 0 saturated heterocycles. The lowest BCUT2D eigenvalue weighted by atomic mass is 10.2. The minimum atomic E-state index is -4.78. The van der Waals surface area contributed by atoms with E-state index in [1.165, 1.54) is 0 Å². The van der Waals surface area contributed by atoms with Crippen LogP contribution < -0.4 is 5.56 Å². The number of aromatic nitrogens is 3. The summed E-state index contributed by atoms with van der Waals surface area (Å²) in [5.41, 5.74) is -1.28. The molecule has 2 aromatic heterocycles. The van der Waals surface area contributed by atoms with E-state index in [1.807, 2.05) is 0 Å². The number of hydrogen-bond acceptors (Lipinski definition) is 3. The lowest BCUT2D eigenvalue weighted by Gasteiger charge is -2.07. The van der Waals surface area contributed by atoms with Crippen LogP contribution in [0.3, 0.4) is 0 Å². The van der Waals surface area contributed by atoms with Crippen LogP contribution in [0.2, 0.25) is 0 Å². The third-order valence-electron chi connectivity index (χ3n) is 2.01. The highest BCUT2D eigenvalue weighted by Gasteiger charge is 2.34. The van der Waals surface area contributed by atoms with Crippen LogP contribution in [0.4, 0.5) is 17.6 Å². The van der Waals surface area contributed by atoms with Crippen molar-refractivity contribution in [2.45, 2.75) is 6.18 Å². The summed E-state index contributed by atoms with van der Waals surface area (Å²) in [6, 6.07) is 1.78. The van der Waals surface area contributed by atoms with Crippen LogP contribution in [-0.2, 0) is 6.18 Å². The minimum absolute atomic E-state index is 0.00778. The fraction of sp³-hybridized carbons (Fsp3) is 0.100. The molecule has 0 unspecified atom stereocenters.